The molecule has 0 saturated carbocycles. The number of hydrogen-bond donors (Lipinski definition) is 1. The molecule has 0 saturated heterocycles. The summed E-state index contributed by atoms with van der Waals surface area (Å²) in [6.45, 7) is 0. The van der Waals surface area contributed by atoms with Crippen LogP contribution in [0.1, 0.15) is 17.4 Å². The van der Waals surface area contributed by atoms with Crippen molar-refractivity contribution in [2.75, 3.05) is 0 Å². The number of halogens is 1. The third-order valence-corrected chi connectivity index (χ3v) is 2.89. The second kappa shape index (κ2) is 4.16. The van der Waals surface area contributed by atoms with E-state index in [2.05, 4.69) is 20.9 Å². The Morgan fingerprint density at radius 3 is 2.53 bits per heavy atom. The molecule has 0 bridgehead atoms. The Morgan fingerprint density at radius 1 is 1.33 bits per heavy atom. The molecule has 2 N–H and O–H groups in total. The molecule has 1 aromatic heterocycles. The number of benzene rings is 1. The molecule has 0 unspecified atom stereocenters. The lowest BCUT2D eigenvalue weighted by atomic mass is 10.1. The molecule has 0 aliphatic heterocycles. The zero-order valence-corrected chi connectivity index (χ0v) is 9.98. The molecule has 15 heavy (non-hydrogen) atoms. The monoisotopic (exact) mass is 265 g/mol. The van der Waals surface area contributed by atoms with E-state index < -0.39 is 0 Å². The summed E-state index contributed by atoms with van der Waals surface area (Å²) in [7, 11) is 1.95. The van der Waals surface area contributed by atoms with Gasteiger partial charge in [0.1, 0.15) is 5.82 Å². The average Bonchev–Trinajstić information content (AvgIpc) is 2.65. The van der Waals surface area contributed by atoms with Gasteiger partial charge in [-0.1, -0.05) is 28.1 Å². The van der Waals surface area contributed by atoms with Crippen molar-refractivity contribution in [1.29, 1.82) is 0 Å². The Hall–Kier alpha value is -1.13. The summed E-state index contributed by atoms with van der Waals surface area (Å²) < 4.78 is 2.99. The lowest BCUT2D eigenvalue weighted by Gasteiger charge is -2.11. The maximum atomic E-state index is 6.11. The van der Waals surface area contributed by atoms with Gasteiger partial charge in [-0.15, -0.1) is 0 Å². The van der Waals surface area contributed by atoms with Crippen LogP contribution in [0.4, 0.5) is 0 Å². The summed E-state index contributed by atoms with van der Waals surface area (Å²) in [5.74, 6) is 0.873. The Morgan fingerprint density at radius 2 is 2.00 bits per heavy atom. The van der Waals surface area contributed by atoms with Crippen LogP contribution in [0, 0.1) is 0 Å². The van der Waals surface area contributed by atoms with E-state index in [1.54, 1.807) is 6.20 Å². The van der Waals surface area contributed by atoms with Crippen molar-refractivity contribution in [3.05, 3.63) is 52.5 Å². The number of aromatic nitrogens is 2. The number of hydrogen-bond acceptors (Lipinski definition) is 2. The predicted octanol–water partition coefficient (Wildman–Crippen LogP) is 2.23. The van der Waals surface area contributed by atoms with Gasteiger partial charge in [-0.05, 0) is 17.7 Å². The molecule has 4 heteroatoms. The number of nitrogens with zero attached hydrogens (tertiary/aromatic N) is 2. The number of aryl methyl sites for hydroxylation is 1. The summed E-state index contributed by atoms with van der Waals surface area (Å²) in [6.07, 6.45) is 3.65. The predicted molar refractivity (Wildman–Crippen MR) is 63.4 cm³/mol. The Labute approximate surface area is 97.1 Å². The maximum absolute atomic E-state index is 6.11. The number of imidazole rings is 1. The van der Waals surface area contributed by atoms with Crippen molar-refractivity contribution in [3.63, 3.8) is 0 Å². The zero-order chi connectivity index (χ0) is 10.8. The Bertz CT molecular complexity index is 447. The normalized spacial score (nSPS) is 12.7. The highest BCUT2D eigenvalue weighted by Gasteiger charge is 2.12. The van der Waals surface area contributed by atoms with E-state index in [1.807, 2.05) is 42.1 Å². The fourth-order valence-corrected chi connectivity index (χ4v) is 1.76. The molecule has 2 rings (SSSR count). The first-order valence-corrected chi connectivity index (χ1v) is 5.46. The van der Waals surface area contributed by atoms with E-state index in [9.17, 15) is 0 Å². The molecular weight excluding hydrogens is 254 g/mol. The van der Waals surface area contributed by atoms with Gasteiger partial charge in [0.25, 0.3) is 0 Å². The van der Waals surface area contributed by atoms with Crippen molar-refractivity contribution in [3.8, 4) is 0 Å². The highest BCUT2D eigenvalue weighted by Crippen LogP contribution is 2.19. The quantitative estimate of drug-likeness (QED) is 0.905. The zero-order valence-electron chi connectivity index (χ0n) is 8.39. The second-order valence-corrected chi connectivity index (χ2v) is 4.34. The molecule has 3 nitrogen and oxygen atoms in total. The van der Waals surface area contributed by atoms with Crippen molar-refractivity contribution in [1.82, 2.24) is 9.55 Å². The summed E-state index contributed by atoms with van der Waals surface area (Å²) in [5, 5.41) is 0. The van der Waals surface area contributed by atoms with Crippen LogP contribution in [-0.2, 0) is 7.05 Å². The average molecular weight is 266 g/mol. The smallest absolute Gasteiger partial charge is 0.129 e. The summed E-state index contributed by atoms with van der Waals surface area (Å²) in [5.41, 5.74) is 7.18. The van der Waals surface area contributed by atoms with Gasteiger partial charge in [-0.25, -0.2) is 4.98 Å². The topological polar surface area (TPSA) is 43.8 Å². The van der Waals surface area contributed by atoms with Crippen LogP contribution in [0.3, 0.4) is 0 Å². The molecule has 0 amide bonds. The van der Waals surface area contributed by atoms with Gasteiger partial charge < -0.3 is 10.3 Å². The van der Waals surface area contributed by atoms with Crippen molar-refractivity contribution >= 4 is 15.9 Å². The first-order chi connectivity index (χ1) is 7.18. The maximum Gasteiger partial charge on any atom is 0.129 e. The molecule has 1 atom stereocenters. The van der Waals surface area contributed by atoms with Gasteiger partial charge in [-0.2, -0.15) is 0 Å². The van der Waals surface area contributed by atoms with Crippen LogP contribution >= 0.6 is 15.9 Å². The van der Waals surface area contributed by atoms with Crippen LogP contribution in [0.25, 0.3) is 0 Å². The largest absolute Gasteiger partial charge is 0.336 e. The van der Waals surface area contributed by atoms with Crippen LogP contribution in [0.15, 0.2) is 41.1 Å². The molecule has 2 aromatic rings. The minimum Gasteiger partial charge on any atom is -0.336 e. The van der Waals surface area contributed by atoms with Crippen molar-refractivity contribution < 1.29 is 0 Å². The standard InChI is InChI=1S/C11H12BrN3/c1-15-7-6-14-11(15)10(13)8-2-4-9(12)5-3-8/h2-7,10H,13H2,1H3/t10-/m1/s1. The molecule has 1 heterocycles. The summed E-state index contributed by atoms with van der Waals surface area (Å²) in [6, 6.07) is 7.81. The highest BCUT2D eigenvalue weighted by atomic mass is 79.9. The van der Waals surface area contributed by atoms with Gasteiger partial charge >= 0.3 is 0 Å². The first-order valence-electron chi connectivity index (χ1n) is 4.67. The minimum atomic E-state index is -0.168. The van der Waals surface area contributed by atoms with Crippen LogP contribution < -0.4 is 5.73 Å². The van der Waals surface area contributed by atoms with Crippen LogP contribution in [-0.4, -0.2) is 9.55 Å². The van der Waals surface area contributed by atoms with E-state index in [4.69, 9.17) is 5.73 Å². The van der Waals surface area contributed by atoms with Gasteiger partial charge in [0.15, 0.2) is 0 Å². The molecular formula is C11H12BrN3. The van der Waals surface area contributed by atoms with E-state index in [0.29, 0.717) is 0 Å². The van der Waals surface area contributed by atoms with E-state index >= 15 is 0 Å². The lowest BCUT2D eigenvalue weighted by molar-refractivity contribution is 0.717. The van der Waals surface area contributed by atoms with Gasteiger partial charge in [0, 0.05) is 23.9 Å². The van der Waals surface area contributed by atoms with Crippen molar-refractivity contribution in [2.24, 2.45) is 12.8 Å². The van der Waals surface area contributed by atoms with Crippen LogP contribution in [0.5, 0.6) is 0 Å². The Kier molecular flexibility index (Phi) is 2.88. The summed E-state index contributed by atoms with van der Waals surface area (Å²) >= 11 is 3.40. The van der Waals surface area contributed by atoms with Gasteiger partial charge in [-0.3, -0.25) is 0 Å². The fourth-order valence-electron chi connectivity index (χ4n) is 1.50. The first kappa shape index (κ1) is 10.4. The highest BCUT2D eigenvalue weighted by molar-refractivity contribution is 9.10. The summed E-state index contributed by atoms with van der Waals surface area (Å²) in [4.78, 5) is 4.24. The van der Waals surface area contributed by atoms with E-state index in [0.717, 1.165) is 15.9 Å². The third-order valence-electron chi connectivity index (χ3n) is 2.37. The molecule has 0 aliphatic rings. The SMILES string of the molecule is Cn1ccnc1[C@H](N)c1ccc(Br)cc1. The lowest BCUT2D eigenvalue weighted by Crippen LogP contribution is -2.16. The molecule has 0 spiro atoms. The van der Waals surface area contributed by atoms with Crippen molar-refractivity contribution in [2.45, 2.75) is 6.04 Å². The molecule has 0 radical (unpaired) electrons. The van der Waals surface area contributed by atoms with E-state index in [-0.39, 0.29) is 6.04 Å². The molecule has 1 aromatic carbocycles. The van der Waals surface area contributed by atoms with Crippen LogP contribution in [0.2, 0.25) is 0 Å². The minimum absolute atomic E-state index is 0.168. The molecule has 0 aliphatic carbocycles. The van der Waals surface area contributed by atoms with E-state index in [1.165, 1.54) is 0 Å². The number of nitrogens with two attached hydrogens (primary N) is 1. The molecule has 0 fully saturated rings. The van der Waals surface area contributed by atoms with Gasteiger partial charge in [0.2, 0.25) is 0 Å². The van der Waals surface area contributed by atoms with Gasteiger partial charge in [0.05, 0.1) is 6.04 Å². The number of rotatable bonds is 2. The Balaban J connectivity index is 2.32. The molecule has 78 valence electrons. The fraction of sp³-hybridized carbons (Fsp3) is 0.182. The third kappa shape index (κ3) is 2.11. The second-order valence-electron chi connectivity index (χ2n) is 3.43.